The third-order valence-electron chi connectivity index (χ3n) is 1.88. The molecule has 0 atom stereocenters. The van der Waals surface area contributed by atoms with E-state index in [2.05, 4.69) is 20.4 Å². The van der Waals surface area contributed by atoms with E-state index >= 15 is 0 Å². The molecule has 1 amide bonds. The summed E-state index contributed by atoms with van der Waals surface area (Å²) in [4.78, 5) is 18.4. The van der Waals surface area contributed by atoms with E-state index in [9.17, 15) is 18.0 Å². The average molecular weight is 257 g/mol. The van der Waals surface area contributed by atoms with E-state index in [-0.39, 0.29) is 5.69 Å². The molecule has 0 aliphatic heterocycles. The second-order valence-electron chi connectivity index (χ2n) is 3.17. The molecule has 0 saturated carbocycles. The molecule has 2 heterocycles. The molecule has 0 bridgehead atoms. The fourth-order valence-corrected chi connectivity index (χ4v) is 1.11. The fraction of sp³-hybridized carbons (Fsp3) is 0.111. The van der Waals surface area contributed by atoms with Crippen molar-refractivity contribution in [3.8, 4) is 0 Å². The zero-order valence-corrected chi connectivity index (χ0v) is 8.69. The van der Waals surface area contributed by atoms with Crippen LogP contribution in [0.1, 0.15) is 16.3 Å². The van der Waals surface area contributed by atoms with Crippen LogP contribution >= 0.6 is 0 Å². The number of nitrogens with one attached hydrogen (secondary N) is 2. The number of alkyl halides is 3. The van der Waals surface area contributed by atoms with Crippen molar-refractivity contribution in [2.45, 2.75) is 6.18 Å². The van der Waals surface area contributed by atoms with Gasteiger partial charge in [0.15, 0.2) is 0 Å². The molecule has 94 valence electrons. The minimum Gasteiger partial charge on any atom is -0.288 e. The van der Waals surface area contributed by atoms with E-state index in [0.29, 0.717) is 0 Å². The number of carbonyl (C=O) groups excluding carboxylic acids is 1. The fourth-order valence-electron chi connectivity index (χ4n) is 1.11. The summed E-state index contributed by atoms with van der Waals surface area (Å²) in [6, 6.07) is 4.58. The molecule has 18 heavy (non-hydrogen) atoms. The minimum absolute atomic E-state index is 0.0517. The third-order valence-corrected chi connectivity index (χ3v) is 1.88. The maximum Gasteiger partial charge on any atom is 0.451 e. The van der Waals surface area contributed by atoms with Crippen LogP contribution < -0.4 is 5.32 Å². The predicted octanol–water partition coefficient (Wildman–Crippen LogP) is 1.47. The smallest absolute Gasteiger partial charge is 0.288 e. The summed E-state index contributed by atoms with van der Waals surface area (Å²) in [6.07, 6.45) is -3.25. The lowest BCUT2D eigenvalue weighted by molar-refractivity contribution is -0.144. The van der Waals surface area contributed by atoms with Crippen molar-refractivity contribution in [1.29, 1.82) is 0 Å². The largest absolute Gasteiger partial charge is 0.451 e. The zero-order valence-electron chi connectivity index (χ0n) is 8.69. The molecule has 9 heteroatoms. The van der Waals surface area contributed by atoms with Gasteiger partial charge in [0.2, 0.25) is 11.8 Å². The van der Waals surface area contributed by atoms with Crippen molar-refractivity contribution in [3.63, 3.8) is 0 Å². The van der Waals surface area contributed by atoms with Gasteiger partial charge in [0.25, 0.3) is 5.91 Å². The molecular formula is C9H6F3N5O. The van der Waals surface area contributed by atoms with E-state index in [1.54, 1.807) is 17.2 Å². The molecule has 0 unspecified atom stereocenters. The van der Waals surface area contributed by atoms with Gasteiger partial charge < -0.3 is 0 Å². The second-order valence-corrected chi connectivity index (χ2v) is 3.17. The Kier molecular flexibility index (Phi) is 2.96. The van der Waals surface area contributed by atoms with Crippen LogP contribution in [-0.4, -0.2) is 26.1 Å². The van der Waals surface area contributed by atoms with E-state index < -0.39 is 23.9 Å². The van der Waals surface area contributed by atoms with Crippen LogP contribution in [0.5, 0.6) is 0 Å². The van der Waals surface area contributed by atoms with Gasteiger partial charge in [-0.05, 0) is 12.1 Å². The number of hydrogen-bond donors (Lipinski definition) is 2. The Labute approximate surface area is 98.3 Å². The van der Waals surface area contributed by atoms with Crippen LogP contribution in [0.4, 0.5) is 19.1 Å². The number of hydrogen-bond acceptors (Lipinski definition) is 4. The van der Waals surface area contributed by atoms with Crippen molar-refractivity contribution in [1.82, 2.24) is 20.2 Å². The Morgan fingerprint density at radius 2 is 2.11 bits per heavy atom. The monoisotopic (exact) mass is 257 g/mol. The highest BCUT2D eigenvalue weighted by atomic mass is 19.4. The number of halogens is 3. The molecule has 0 spiro atoms. The normalized spacial score (nSPS) is 11.3. The molecule has 6 nitrogen and oxygen atoms in total. The Balaban J connectivity index is 2.11. The summed E-state index contributed by atoms with van der Waals surface area (Å²) in [7, 11) is 0. The van der Waals surface area contributed by atoms with Crippen molar-refractivity contribution in [2.24, 2.45) is 0 Å². The first-order chi connectivity index (χ1) is 8.47. The summed E-state index contributed by atoms with van der Waals surface area (Å²) in [5.74, 6) is -2.43. The van der Waals surface area contributed by atoms with Gasteiger partial charge in [-0.3, -0.25) is 20.2 Å². The summed E-state index contributed by atoms with van der Waals surface area (Å²) in [5.41, 5.74) is 0.0517. The van der Waals surface area contributed by atoms with E-state index in [1.807, 2.05) is 0 Å². The second kappa shape index (κ2) is 4.43. The SMILES string of the molecule is O=C(Nc1n[nH]c(C(F)(F)F)n1)c1ccccn1. The van der Waals surface area contributed by atoms with Crippen LogP contribution in [-0.2, 0) is 6.18 Å². The van der Waals surface area contributed by atoms with Crippen LogP contribution in [0.15, 0.2) is 24.4 Å². The van der Waals surface area contributed by atoms with Gasteiger partial charge in [0.05, 0.1) is 0 Å². The Hall–Kier alpha value is -2.45. The standard InChI is InChI=1S/C9H6F3N5O/c10-9(11,12)7-15-8(17-16-7)14-6(18)5-3-1-2-4-13-5/h1-4H,(H2,14,15,16,17,18). The summed E-state index contributed by atoms with van der Waals surface area (Å²) in [5, 5.41) is 7.01. The highest BCUT2D eigenvalue weighted by molar-refractivity contribution is 6.01. The molecule has 2 rings (SSSR count). The Morgan fingerprint density at radius 3 is 2.67 bits per heavy atom. The molecule has 2 N–H and O–H groups in total. The van der Waals surface area contributed by atoms with Crippen LogP contribution in [0, 0.1) is 0 Å². The van der Waals surface area contributed by atoms with Gasteiger partial charge in [-0.25, -0.2) is 0 Å². The number of rotatable bonds is 2. The topological polar surface area (TPSA) is 83.6 Å². The van der Waals surface area contributed by atoms with Gasteiger partial charge in [0, 0.05) is 6.20 Å². The maximum atomic E-state index is 12.2. The predicted molar refractivity (Wildman–Crippen MR) is 53.6 cm³/mol. The first kappa shape index (κ1) is 12.0. The summed E-state index contributed by atoms with van der Waals surface area (Å²) >= 11 is 0. The van der Waals surface area contributed by atoms with Crippen LogP contribution in [0.3, 0.4) is 0 Å². The summed E-state index contributed by atoms with van der Waals surface area (Å²) < 4.78 is 36.6. The van der Waals surface area contributed by atoms with Gasteiger partial charge in [-0.15, -0.1) is 5.10 Å². The van der Waals surface area contributed by atoms with Gasteiger partial charge in [-0.1, -0.05) is 6.07 Å². The number of amides is 1. The van der Waals surface area contributed by atoms with E-state index in [4.69, 9.17) is 0 Å². The number of pyridine rings is 1. The summed E-state index contributed by atoms with van der Waals surface area (Å²) in [6.45, 7) is 0. The van der Waals surface area contributed by atoms with Gasteiger partial charge in [-0.2, -0.15) is 18.2 Å². The van der Waals surface area contributed by atoms with Gasteiger partial charge >= 0.3 is 6.18 Å². The molecule has 0 radical (unpaired) electrons. The molecule has 0 fully saturated rings. The molecule has 0 saturated heterocycles. The van der Waals surface area contributed by atoms with Crippen LogP contribution in [0.25, 0.3) is 0 Å². The first-order valence-electron chi connectivity index (χ1n) is 4.69. The number of carbonyl (C=O) groups is 1. The lowest BCUT2D eigenvalue weighted by atomic mass is 10.3. The van der Waals surface area contributed by atoms with Crippen LogP contribution in [0.2, 0.25) is 0 Å². The van der Waals surface area contributed by atoms with Crippen molar-refractivity contribution >= 4 is 11.9 Å². The lowest BCUT2D eigenvalue weighted by Crippen LogP contribution is -2.14. The number of H-pyrrole nitrogens is 1. The molecule has 2 aromatic rings. The molecular weight excluding hydrogens is 251 g/mol. The van der Waals surface area contributed by atoms with Crippen molar-refractivity contribution in [3.05, 3.63) is 35.9 Å². The Morgan fingerprint density at radius 1 is 1.33 bits per heavy atom. The zero-order chi connectivity index (χ0) is 13.2. The minimum atomic E-state index is -4.64. The van der Waals surface area contributed by atoms with Crippen molar-refractivity contribution < 1.29 is 18.0 Å². The van der Waals surface area contributed by atoms with E-state index in [1.165, 1.54) is 12.3 Å². The third kappa shape index (κ3) is 2.62. The number of nitrogens with zero attached hydrogens (tertiary/aromatic N) is 3. The Bertz CT molecular complexity index is 551. The van der Waals surface area contributed by atoms with E-state index in [0.717, 1.165) is 0 Å². The molecule has 0 aromatic carbocycles. The quantitative estimate of drug-likeness (QED) is 0.853. The molecule has 0 aliphatic carbocycles. The first-order valence-corrected chi connectivity index (χ1v) is 4.69. The maximum absolute atomic E-state index is 12.2. The lowest BCUT2D eigenvalue weighted by Gasteiger charge is -2.00. The van der Waals surface area contributed by atoms with Crippen molar-refractivity contribution in [2.75, 3.05) is 5.32 Å². The number of aromatic nitrogens is 4. The molecule has 2 aromatic heterocycles. The van der Waals surface area contributed by atoms with Gasteiger partial charge in [0.1, 0.15) is 5.69 Å². The number of anilines is 1. The highest BCUT2D eigenvalue weighted by Gasteiger charge is 2.35. The number of aromatic amines is 1. The average Bonchev–Trinajstić information content (AvgIpc) is 2.78. The highest BCUT2D eigenvalue weighted by Crippen LogP contribution is 2.26. The molecule has 0 aliphatic rings.